The third-order valence-corrected chi connectivity index (χ3v) is 2.73. The molecule has 0 fully saturated rings. The summed E-state index contributed by atoms with van der Waals surface area (Å²) in [4.78, 5) is 11.5. The highest BCUT2D eigenvalue weighted by Gasteiger charge is 2.13. The van der Waals surface area contributed by atoms with Gasteiger partial charge in [-0.1, -0.05) is 0 Å². The van der Waals surface area contributed by atoms with E-state index in [9.17, 15) is 13.6 Å². The Hall–Kier alpha value is -2.94. The molecule has 22 heavy (non-hydrogen) atoms. The summed E-state index contributed by atoms with van der Waals surface area (Å²) < 4.78 is 36.6. The minimum Gasteiger partial charge on any atom is -0.462 e. The topological polar surface area (TPSA) is 63.2 Å². The summed E-state index contributed by atoms with van der Waals surface area (Å²) >= 11 is 0. The Labute approximate surface area is 125 Å². The number of rotatable bonds is 4. The van der Waals surface area contributed by atoms with E-state index in [1.165, 1.54) is 24.3 Å². The zero-order valence-electron chi connectivity index (χ0n) is 11.6. The van der Waals surface area contributed by atoms with Gasteiger partial charge < -0.3 is 9.15 Å². The highest BCUT2D eigenvalue weighted by atomic mass is 19.1. The van der Waals surface area contributed by atoms with E-state index in [0.717, 1.165) is 12.1 Å². The van der Waals surface area contributed by atoms with Gasteiger partial charge in [0, 0.05) is 12.1 Å². The van der Waals surface area contributed by atoms with Crippen molar-refractivity contribution in [2.24, 2.45) is 0 Å². The fourth-order valence-electron chi connectivity index (χ4n) is 1.75. The molecule has 2 rings (SSSR count). The molecule has 0 aliphatic rings. The first-order chi connectivity index (χ1) is 10.5. The monoisotopic (exact) mass is 303 g/mol. The zero-order valence-corrected chi connectivity index (χ0v) is 11.6. The first-order valence-electron chi connectivity index (χ1n) is 6.39. The van der Waals surface area contributed by atoms with E-state index < -0.39 is 17.6 Å². The number of nitrogens with zero attached hydrogens (tertiary/aromatic N) is 1. The fourth-order valence-corrected chi connectivity index (χ4v) is 1.75. The molecule has 112 valence electrons. The van der Waals surface area contributed by atoms with Gasteiger partial charge in [0.2, 0.25) is 0 Å². The van der Waals surface area contributed by atoms with Crippen LogP contribution in [0.5, 0.6) is 0 Å². The highest BCUT2D eigenvalue weighted by Crippen LogP contribution is 2.26. The summed E-state index contributed by atoms with van der Waals surface area (Å²) in [6.07, 6.45) is 1.20. The quantitative estimate of drug-likeness (QED) is 0.491. The zero-order chi connectivity index (χ0) is 16.1. The van der Waals surface area contributed by atoms with Crippen molar-refractivity contribution in [3.8, 4) is 17.4 Å². The van der Waals surface area contributed by atoms with Gasteiger partial charge in [-0.15, -0.1) is 0 Å². The Balaban J connectivity index is 2.32. The molecule has 0 aliphatic heterocycles. The van der Waals surface area contributed by atoms with Crippen LogP contribution in [0.3, 0.4) is 0 Å². The van der Waals surface area contributed by atoms with E-state index in [1.807, 2.05) is 0 Å². The summed E-state index contributed by atoms with van der Waals surface area (Å²) in [6.45, 7) is 1.76. The van der Waals surface area contributed by atoms with Crippen LogP contribution in [0, 0.1) is 23.0 Å². The van der Waals surface area contributed by atoms with Crippen LogP contribution in [-0.2, 0) is 9.53 Å². The molecule has 1 aromatic heterocycles. The van der Waals surface area contributed by atoms with E-state index in [-0.39, 0.29) is 29.3 Å². The third kappa shape index (κ3) is 3.38. The molecular weight excluding hydrogens is 292 g/mol. The van der Waals surface area contributed by atoms with Gasteiger partial charge >= 0.3 is 5.97 Å². The summed E-state index contributed by atoms with van der Waals surface area (Å²) in [7, 11) is 0. The molecule has 0 amide bonds. The molecule has 0 saturated heterocycles. The van der Waals surface area contributed by atoms with Crippen molar-refractivity contribution in [2.45, 2.75) is 6.92 Å². The first kappa shape index (κ1) is 15.4. The number of nitriles is 1. The Morgan fingerprint density at radius 2 is 2.14 bits per heavy atom. The molecule has 0 radical (unpaired) electrons. The van der Waals surface area contributed by atoms with Gasteiger partial charge in [-0.3, -0.25) is 0 Å². The number of hydrogen-bond acceptors (Lipinski definition) is 4. The van der Waals surface area contributed by atoms with Crippen molar-refractivity contribution in [2.75, 3.05) is 6.61 Å². The third-order valence-electron chi connectivity index (χ3n) is 2.73. The smallest absolute Gasteiger partial charge is 0.349 e. The van der Waals surface area contributed by atoms with Crippen molar-refractivity contribution in [1.29, 1.82) is 5.26 Å². The highest BCUT2D eigenvalue weighted by molar-refractivity contribution is 5.97. The number of benzene rings is 1. The molecule has 0 spiro atoms. The SMILES string of the molecule is CCOC(=O)/C(C#N)=C\c1ccc(-c2ccc(F)cc2F)o1. The van der Waals surface area contributed by atoms with E-state index in [4.69, 9.17) is 14.4 Å². The molecule has 0 aliphatic carbocycles. The number of carbonyl (C=O) groups excluding carboxylic acids is 1. The number of carbonyl (C=O) groups is 1. The van der Waals surface area contributed by atoms with E-state index in [2.05, 4.69) is 0 Å². The van der Waals surface area contributed by atoms with Crippen molar-refractivity contribution in [1.82, 2.24) is 0 Å². The minimum absolute atomic E-state index is 0.0793. The average Bonchev–Trinajstić information content (AvgIpc) is 2.93. The molecule has 2 aromatic rings. The van der Waals surface area contributed by atoms with Gasteiger partial charge in [0.05, 0.1) is 12.2 Å². The van der Waals surface area contributed by atoms with Gasteiger partial charge in [0.15, 0.2) is 0 Å². The van der Waals surface area contributed by atoms with Gasteiger partial charge in [-0.2, -0.15) is 5.26 Å². The average molecular weight is 303 g/mol. The lowest BCUT2D eigenvalue weighted by Gasteiger charge is -2.00. The predicted molar refractivity (Wildman–Crippen MR) is 74.3 cm³/mol. The van der Waals surface area contributed by atoms with Crippen molar-refractivity contribution < 1.29 is 22.7 Å². The van der Waals surface area contributed by atoms with Crippen molar-refractivity contribution >= 4 is 12.0 Å². The number of ether oxygens (including phenoxy) is 1. The molecule has 0 N–H and O–H groups in total. The normalized spacial score (nSPS) is 11.1. The Morgan fingerprint density at radius 1 is 1.36 bits per heavy atom. The molecule has 0 atom stereocenters. The van der Waals surface area contributed by atoms with Gasteiger partial charge in [0.1, 0.15) is 34.8 Å². The van der Waals surface area contributed by atoms with Crippen molar-refractivity contribution in [3.63, 3.8) is 0 Å². The second kappa shape index (κ2) is 6.68. The minimum atomic E-state index is -0.768. The molecule has 0 unspecified atom stereocenters. The fraction of sp³-hybridized carbons (Fsp3) is 0.125. The standard InChI is InChI=1S/C16H11F2NO3/c1-2-21-16(20)10(9-19)7-12-4-6-15(22-12)13-5-3-11(17)8-14(13)18/h3-8H,2H2,1H3/b10-7-. The van der Waals surface area contributed by atoms with Crippen LogP contribution in [0.25, 0.3) is 17.4 Å². The van der Waals surface area contributed by atoms with Gasteiger partial charge in [-0.05, 0) is 31.2 Å². The van der Waals surface area contributed by atoms with Crippen LogP contribution in [0.15, 0.2) is 40.3 Å². The predicted octanol–water partition coefficient (Wildman–Crippen LogP) is 3.69. The van der Waals surface area contributed by atoms with E-state index in [1.54, 1.807) is 13.0 Å². The van der Waals surface area contributed by atoms with Crippen LogP contribution in [0.1, 0.15) is 12.7 Å². The second-order valence-corrected chi connectivity index (χ2v) is 4.22. The number of hydrogen-bond donors (Lipinski definition) is 0. The molecule has 0 bridgehead atoms. The van der Waals surface area contributed by atoms with Crippen LogP contribution in [0.4, 0.5) is 8.78 Å². The van der Waals surface area contributed by atoms with Crippen LogP contribution >= 0.6 is 0 Å². The molecule has 4 nitrogen and oxygen atoms in total. The second-order valence-electron chi connectivity index (χ2n) is 4.22. The van der Waals surface area contributed by atoms with Gasteiger partial charge in [0.25, 0.3) is 0 Å². The number of esters is 1. The Kier molecular flexibility index (Phi) is 4.69. The maximum absolute atomic E-state index is 13.7. The first-order valence-corrected chi connectivity index (χ1v) is 6.39. The maximum Gasteiger partial charge on any atom is 0.349 e. The number of furan rings is 1. The largest absolute Gasteiger partial charge is 0.462 e. The summed E-state index contributed by atoms with van der Waals surface area (Å²) in [6, 6.07) is 7.73. The van der Waals surface area contributed by atoms with Crippen LogP contribution in [-0.4, -0.2) is 12.6 Å². The van der Waals surface area contributed by atoms with E-state index in [0.29, 0.717) is 0 Å². The van der Waals surface area contributed by atoms with E-state index >= 15 is 0 Å². The van der Waals surface area contributed by atoms with Crippen molar-refractivity contribution in [3.05, 3.63) is 53.3 Å². The molecule has 6 heteroatoms. The molecule has 1 heterocycles. The summed E-state index contributed by atoms with van der Waals surface area (Å²) in [5.74, 6) is -1.89. The molecular formula is C16H11F2NO3. The lowest BCUT2D eigenvalue weighted by molar-refractivity contribution is -0.137. The lowest BCUT2D eigenvalue weighted by Crippen LogP contribution is -2.05. The van der Waals surface area contributed by atoms with Crippen LogP contribution < -0.4 is 0 Å². The summed E-state index contributed by atoms with van der Waals surface area (Å²) in [5, 5.41) is 8.92. The summed E-state index contributed by atoms with van der Waals surface area (Å²) in [5.41, 5.74) is -0.155. The Morgan fingerprint density at radius 3 is 2.77 bits per heavy atom. The Bertz CT molecular complexity index is 772. The molecule has 1 aromatic carbocycles. The number of halogens is 2. The maximum atomic E-state index is 13.7. The van der Waals surface area contributed by atoms with Crippen LogP contribution in [0.2, 0.25) is 0 Å². The van der Waals surface area contributed by atoms with Gasteiger partial charge in [-0.25, -0.2) is 13.6 Å². The molecule has 0 saturated carbocycles. The lowest BCUT2D eigenvalue weighted by atomic mass is 10.1.